The van der Waals surface area contributed by atoms with E-state index in [4.69, 9.17) is 11.6 Å². The molecular formula is C11H16ClN3O4S. The topological polar surface area (TPSA) is 92.5 Å². The van der Waals surface area contributed by atoms with Gasteiger partial charge in [0.1, 0.15) is 5.02 Å². The largest absolute Gasteiger partial charge is 0.305 e. The van der Waals surface area contributed by atoms with E-state index in [-0.39, 0.29) is 22.5 Å². The summed E-state index contributed by atoms with van der Waals surface area (Å²) in [7, 11) is -0.150. The molecule has 112 valence electrons. The van der Waals surface area contributed by atoms with Crippen LogP contribution in [-0.2, 0) is 10.0 Å². The lowest BCUT2D eigenvalue weighted by molar-refractivity contribution is -0.384. The fraction of sp³-hybridized carbons (Fsp3) is 0.455. The molecule has 1 N–H and O–H groups in total. The van der Waals surface area contributed by atoms with Crippen LogP contribution in [0.1, 0.15) is 6.92 Å². The number of nitro benzene ring substituents is 1. The third kappa shape index (κ3) is 4.14. The summed E-state index contributed by atoms with van der Waals surface area (Å²) >= 11 is 5.65. The second kappa shape index (κ2) is 6.49. The monoisotopic (exact) mass is 321 g/mol. The summed E-state index contributed by atoms with van der Waals surface area (Å²) < 4.78 is 26.5. The van der Waals surface area contributed by atoms with Crippen molar-refractivity contribution in [2.75, 3.05) is 20.6 Å². The second-order valence-corrected chi connectivity index (χ2v) is 6.71. The van der Waals surface area contributed by atoms with Crippen molar-refractivity contribution in [2.24, 2.45) is 0 Å². The Morgan fingerprint density at radius 3 is 2.55 bits per heavy atom. The van der Waals surface area contributed by atoms with Crippen molar-refractivity contribution in [3.8, 4) is 0 Å². The van der Waals surface area contributed by atoms with Crippen molar-refractivity contribution in [3.05, 3.63) is 33.3 Å². The highest BCUT2D eigenvalue weighted by Gasteiger charge is 2.21. The second-order valence-electron chi connectivity index (χ2n) is 4.53. The summed E-state index contributed by atoms with van der Waals surface area (Å²) in [6, 6.07) is 3.37. The van der Waals surface area contributed by atoms with Crippen molar-refractivity contribution < 1.29 is 13.3 Å². The molecule has 1 aromatic carbocycles. The standard InChI is InChI=1S/C11H16ClN3O4S/c1-8(14(2)3)7-13-20(18,19)9-4-5-10(12)11(6-9)15(16)17/h4-6,8,13H,7H2,1-3H3. The van der Waals surface area contributed by atoms with Crippen molar-refractivity contribution in [3.63, 3.8) is 0 Å². The van der Waals surface area contributed by atoms with Gasteiger partial charge in [0.15, 0.2) is 0 Å². The molecule has 0 amide bonds. The van der Waals surface area contributed by atoms with Gasteiger partial charge in [-0.15, -0.1) is 0 Å². The number of likely N-dealkylation sites (N-methyl/N-ethyl adjacent to an activating group) is 1. The van der Waals surface area contributed by atoms with Crippen LogP contribution in [0.15, 0.2) is 23.1 Å². The zero-order chi connectivity index (χ0) is 15.5. The van der Waals surface area contributed by atoms with Crippen molar-refractivity contribution in [2.45, 2.75) is 17.9 Å². The number of nitrogens with zero attached hydrogens (tertiary/aromatic N) is 2. The molecule has 0 radical (unpaired) electrons. The molecule has 0 spiro atoms. The summed E-state index contributed by atoms with van der Waals surface area (Å²) in [5.74, 6) is 0. The van der Waals surface area contributed by atoms with Gasteiger partial charge in [0.05, 0.1) is 9.82 Å². The molecular weight excluding hydrogens is 306 g/mol. The molecule has 0 saturated carbocycles. The van der Waals surface area contributed by atoms with E-state index >= 15 is 0 Å². The Bertz CT molecular complexity index is 604. The number of benzene rings is 1. The zero-order valence-corrected chi connectivity index (χ0v) is 12.9. The van der Waals surface area contributed by atoms with E-state index in [0.29, 0.717) is 0 Å². The number of hydrogen-bond donors (Lipinski definition) is 1. The van der Waals surface area contributed by atoms with Crippen molar-refractivity contribution >= 4 is 27.3 Å². The van der Waals surface area contributed by atoms with Crippen molar-refractivity contribution in [1.82, 2.24) is 9.62 Å². The molecule has 0 heterocycles. The molecule has 1 atom stereocenters. The van der Waals surface area contributed by atoms with Gasteiger partial charge in [0.25, 0.3) is 5.69 Å². The Kier molecular flexibility index (Phi) is 5.46. The molecule has 7 nitrogen and oxygen atoms in total. The Labute approximate surface area is 122 Å². The summed E-state index contributed by atoms with van der Waals surface area (Å²) in [5.41, 5.74) is -0.435. The highest BCUT2D eigenvalue weighted by molar-refractivity contribution is 7.89. The molecule has 1 aromatic rings. The minimum Gasteiger partial charge on any atom is -0.305 e. The van der Waals surface area contributed by atoms with Crippen LogP contribution in [0.4, 0.5) is 5.69 Å². The number of nitrogens with one attached hydrogen (secondary N) is 1. The highest BCUT2D eigenvalue weighted by Crippen LogP contribution is 2.26. The predicted octanol–water partition coefficient (Wildman–Crippen LogP) is 1.48. The first-order valence-electron chi connectivity index (χ1n) is 5.75. The van der Waals surface area contributed by atoms with E-state index in [1.807, 2.05) is 25.9 Å². The highest BCUT2D eigenvalue weighted by atomic mass is 35.5. The van der Waals surface area contributed by atoms with Crippen LogP contribution in [0, 0.1) is 10.1 Å². The maximum Gasteiger partial charge on any atom is 0.289 e. The number of sulfonamides is 1. The fourth-order valence-electron chi connectivity index (χ4n) is 1.30. The Morgan fingerprint density at radius 2 is 2.05 bits per heavy atom. The fourth-order valence-corrected chi connectivity index (χ4v) is 2.62. The molecule has 9 heteroatoms. The molecule has 0 aliphatic rings. The van der Waals surface area contributed by atoms with Crippen LogP contribution < -0.4 is 4.72 Å². The summed E-state index contributed by atoms with van der Waals surface area (Å²) in [4.78, 5) is 11.7. The molecule has 0 aromatic heterocycles. The lowest BCUT2D eigenvalue weighted by Gasteiger charge is -2.19. The average molecular weight is 322 g/mol. The quantitative estimate of drug-likeness (QED) is 0.632. The summed E-state index contributed by atoms with van der Waals surface area (Å²) in [6.07, 6.45) is 0. The number of hydrogen-bond acceptors (Lipinski definition) is 5. The first-order chi connectivity index (χ1) is 9.15. The van der Waals surface area contributed by atoms with E-state index in [2.05, 4.69) is 4.72 Å². The lowest BCUT2D eigenvalue weighted by Crippen LogP contribution is -2.38. The van der Waals surface area contributed by atoms with Crippen LogP contribution in [0.2, 0.25) is 5.02 Å². The number of halogens is 1. The smallest absolute Gasteiger partial charge is 0.289 e. The number of nitro groups is 1. The van der Waals surface area contributed by atoms with E-state index in [1.165, 1.54) is 12.1 Å². The maximum atomic E-state index is 12.1. The predicted molar refractivity (Wildman–Crippen MR) is 76.4 cm³/mol. The van der Waals surface area contributed by atoms with Gasteiger partial charge in [0.2, 0.25) is 10.0 Å². The minimum atomic E-state index is -3.80. The van der Waals surface area contributed by atoms with Crippen LogP contribution in [0.25, 0.3) is 0 Å². The summed E-state index contributed by atoms with van der Waals surface area (Å²) in [6.45, 7) is 2.05. The van der Waals surface area contributed by atoms with Gasteiger partial charge in [-0.2, -0.15) is 0 Å². The van der Waals surface area contributed by atoms with E-state index in [1.54, 1.807) is 0 Å². The lowest BCUT2D eigenvalue weighted by atomic mass is 10.3. The van der Waals surface area contributed by atoms with Gasteiger partial charge in [-0.25, -0.2) is 13.1 Å². The molecule has 0 aliphatic carbocycles. The minimum absolute atomic E-state index is 0.00735. The molecule has 0 saturated heterocycles. The Balaban J connectivity index is 2.99. The van der Waals surface area contributed by atoms with Gasteiger partial charge in [-0.1, -0.05) is 11.6 Å². The van der Waals surface area contributed by atoms with Gasteiger partial charge in [-0.05, 0) is 33.2 Å². The number of rotatable bonds is 6. The van der Waals surface area contributed by atoms with E-state index in [0.717, 1.165) is 6.07 Å². The third-order valence-electron chi connectivity index (χ3n) is 2.87. The van der Waals surface area contributed by atoms with Crippen LogP contribution >= 0.6 is 11.6 Å². The molecule has 20 heavy (non-hydrogen) atoms. The Morgan fingerprint density at radius 1 is 1.45 bits per heavy atom. The average Bonchev–Trinajstić information content (AvgIpc) is 2.35. The van der Waals surface area contributed by atoms with Gasteiger partial charge in [0, 0.05) is 18.7 Å². The van der Waals surface area contributed by atoms with Gasteiger partial charge < -0.3 is 4.90 Å². The van der Waals surface area contributed by atoms with Gasteiger partial charge in [-0.3, -0.25) is 10.1 Å². The molecule has 1 rings (SSSR count). The Hall–Kier alpha value is -1.22. The maximum absolute atomic E-state index is 12.1. The van der Waals surface area contributed by atoms with Crippen LogP contribution in [0.3, 0.4) is 0 Å². The van der Waals surface area contributed by atoms with E-state index < -0.39 is 20.6 Å². The normalized spacial score (nSPS) is 13.4. The molecule has 0 fully saturated rings. The van der Waals surface area contributed by atoms with E-state index in [9.17, 15) is 18.5 Å². The van der Waals surface area contributed by atoms with Crippen LogP contribution in [0.5, 0.6) is 0 Å². The first-order valence-corrected chi connectivity index (χ1v) is 7.61. The molecule has 1 unspecified atom stereocenters. The third-order valence-corrected chi connectivity index (χ3v) is 4.62. The van der Waals surface area contributed by atoms with Crippen molar-refractivity contribution in [1.29, 1.82) is 0 Å². The first kappa shape index (κ1) is 16.8. The molecule has 0 aliphatic heterocycles. The van der Waals surface area contributed by atoms with Gasteiger partial charge >= 0.3 is 0 Å². The molecule has 0 bridgehead atoms. The van der Waals surface area contributed by atoms with Crippen LogP contribution in [-0.4, -0.2) is 44.9 Å². The SMILES string of the molecule is CC(CNS(=O)(=O)c1ccc(Cl)c([N+](=O)[O-])c1)N(C)C. The zero-order valence-electron chi connectivity index (χ0n) is 11.3. The summed E-state index contributed by atoms with van der Waals surface area (Å²) in [5, 5.41) is 10.7.